The van der Waals surface area contributed by atoms with Gasteiger partial charge < -0.3 is 5.73 Å². The van der Waals surface area contributed by atoms with Gasteiger partial charge in [-0.3, -0.25) is 5.10 Å². The number of alkyl halides is 2. The van der Waals surface area contributed by atoms with E-state index in [4.69, 9.17) is 5.73 Å². The van der Waals surface area contributed by atoms with Crippen LogP contribution in [0.15, 0.2) is 6.20 Å². The zero-order chi connectivity index (χ0) is 12.2. The Morgan fingerprint density at radius 1 is 1.38 bits per heavy atom. The Labute approximate surface area is 93.4 Å². The highest BCUT2D eigenvalue weighted by atomic mass is 19.3. The standard InChI is InChI=1S/C11H17F2N3/c1-9(2,3)8-7(4-15-16-8)10(14)5-11(12,13)6-10/h4H,5-6,14H2,1-3H3,(H,15,16). The van der Waals surface area contributed by atoms with Crippen molar-refractivity contribution in [3.63, 3.8) is 0 Å². The summed E-state index contributed by atoms with van der Waals surface area (Å²) in [4.78, 5) is 0. The molecule has 0 aromatic carbocycles. The third-order valence-electron chi connectivity index (χ3n) is 3.07. The van der Waals surface area contributed by atoms with Crippen LogP contribution in [0.25, 0.3) is 0 Å². The maximum Gasteiger partial charge on any atom is 0.252 e. The average molecular weight is 229 g/mol. The maximum absolute atomic E-state index is 12.9. The fourth-order valence-corrected chi connectivity index (χ4v) is 2.30. The van der Waals surface area contributed by atoms with E-state index < -0.39 is 11.5 Å². The van der Waals surface area contributed by atoms with E-state index >= 15 is 0 Å². The van der Waals surface area contributed by atoms with E-state index in [-0.39, 0.29) is 18.3 Å². The summed E-state index contributed by atoms with van der Waals surface area (Å²) >= 11 is 0. The van der Waals surface area contributed by atoms with E-state index in [1.807, 2.05) is 20.8 Å². The Balaban J connectivity index is 2.33. The minimum Gasteiger partial charge on any atom is -0.321 e. The van der Waals surface area contributed by atoms with E-state index in [1.54, 1.807) is 6.20 Å². The Hall–Kier alpha value is -0.970. The van der Waals surface area contributed by atoms with Crippen molar-refractivity contribution < 1.29 is 8.78 Å². The summed E-state index contributed by atoms with van der Waals surface area (Å²) in [6.45, 7) is 6.01. The summed E-state index contributed by atoms with van der Waals surface area (Å²) in [5.74, 6) is -2.62. The van der Waals surface area contributed by atoms with Gasteiger partial charge in [-0.25, -0.2) is 8.78 Å². The van der Waals surface area contributed by atoms with Gasteiger partial charge in [-0.05, 0) is 0 Å². The lowest BCUT2D eigenvalue weighted by Crippen LogP contribution is -2.56. The molecule has 0 amide bonds. The van der Waals surface area contributed by atoms with Gasteiger partial charge in [-0.2, -0.15) is 5.10 Å². The van der Waals surface area contributed by atoms with Crippen LogP contribution in [-0.2, 0) is 11.0 Å². The number of hydrogen-bond donors (Lipinski definition) is 2. The Morgan fingerprint density at radius 2 is 1.94 bits per heavy atom. The molecule has 0 spiro atoms. The van der Waals surface area contributed by atoms with Crippen molar-refractivity contribution in [1.82, 2.24) is 10.2 Å². The molecule has 0 unspecified atom stereocenters. The molecule has 1 aromatic heterocycles. The molecule has 1 aliphatic rings. The third kappa shape index (κ3) is 1.73. The molecule has 1 aliphatic carbocycles. The Bertz CT molecular complexity index is 396. The molecular formula is C11H17F2N3. The van der Waals surface area contributed by atoms with E-state index in [9.17, 15) is 8.78 Å². The van der Waals surface area contributed by atoms with Gasteiger partial charge in [0.1, 0.15) is 0 Å². The quantitative estimate of drug-likeness (QED) is 0.776. The summed E-state index contributed by atoms with van der Waals surface area (Å²) in [7, 11) is 0. The monoisotopic (exact) mass is 229 g/mol. The fourth-order valence-electron chi connectivity index (χ4n) is 2.30. The Morgan fingerprint density at radius 3 is 2.38 bits per heavy atom. The molecule has 0 saturated heterocycles. The zero-order valence-corrected chi connectivity index (χ0v) is 9.77. The van der Waals surface area contributed by atoms with Crippen molar-refractivity contribution in [3.05, 3.63) is 17.5 Å². The molecule has 90 valence electrons. The van der Waals surface area contributed by atoms with Crippen LogP contribution >= 0.6 is 0 Å². The molecule has 0 radical (unpaired) electrons. The molecular weight excluding hydrogens is 212 g/mol. The predicted molar refractivity (Wildman–Crippen MR) is 57.3 cm³/mol. The number of nitrogens with one attached hydrogen (secondary N) is 1. The molecule has 1 aromatic rings. The number of aromatic nitrogens is 2. The third-order valence-corrected chi connectivity index (χ3v) is 3.07. The minimum absolute atomic E-state index is 0.164. The second-order valence-electron chi connectivity index (χ2n) is 5.77. The largest absolute Gasteiger partial charge is 0.321 e. The smallest absolute Gasteiger partial charge is 0.252 e. The number of aromatic amines is 1. The topological polar surface area (TPSA) is 54.7 Å². The molecule has 2 rings (SSSR count). The number of nitrogens with zero attached hydrogens (tertiary/aromatic N) is 1. The lowest BCUT2D eigenvalue weighted by molar-refractivity contribution is -0.125. The van der Waals surface area contributed by atoms with Crippen LogP contribution in [0.3, 0.4) is 0 Å². The van der Waals surface area contributed by atoms with Crippen LogP contribution in [0, 0.1) is 0 Å². The first-order valence-corrected chi connectivity index (χ1v) is 5.35. The van der Waals surface area contributed by atoms with Gasteiger partial charge in [0, 0.05) is 29.5 Å². The van der Waals surface area contributed by atoms with Crippen molar-refractivity contribution in [2.24, 2.45) is 5.73 Å². The molecule has 0 atom stereocenters. The molecule has 16 heavy (non-hydrogen) atoms. The van der Waals surface area contributed by atoms with Gasteiger partial charge in [-0.1, -0.05) is 20.8 Å². The molecule has 1 fully saturated rings. The van der Waals surface area contributed by atoms with Crippen molar-refractivity contribution in [3.8, 4) is 0 Å². The number of halogens is 2. The highest BCUT2D eigenvalue weighted by Crippen LogP contribution is 2.51. The van der Waals surface area contributed by atoms with Crippen molar-refractivity contribution in [2.75, 3.05) is 0 Å². The van der Waals surface area contributed by atoms with E-state index in [2.05, 4.69) is 10.2 Å². The van der Waals surface area contributed by atoms with E-state index in [0.717, 1.165) is 11.3 Å². The summed E-state index contributed by atoms with van der Waals surface area (Å²) in [5.41, 5.74) is 6.50. The summed E-state index contributed by atoms with van der Waals surface area (Å²) in [6, 6.07) is 0. The molecule has 0 aliphatic heterocycles. The van der Waals surface area contributed by atoms with Gasteiger partial charge in [-0.15, -0.1) is 0 Å². The zero-order valence-electron chi connectivity index (χ0n) is 9.77. The molecule has 3 N–H and O–H groups in total. The first kappa shape index (κ1) is 11.5. The predicted octanol–water partition coefficient (Wildman–Crippen LogP) is 2.29. The van der Waals surface area contributed by atoms with Gasteiger partial charge >= 0.3 is 0 Å². The lowest BCUT2D eigenvalue weighted by atomic mass is 9.68. The van der Waals surface area contributed by atoms with Gasteiger partial charge in [0.2, 0.25) is 0 Å². The normalized spacial score (nSPS) is 22.9. The number of rotatable bonds is 1. The second-order valence-corrected chi connectivity index (χ2v) is 5.77. The summed E-state index contributed by atoms with van der Waals surface area (Å²) < 4.78 is 25.9. The molecule has 5 heteroatoms. The molecule has 1 heterocycles. The van der Waals surface area contributed by atoms with Crippen molar-refractivity contribution in [1.29, 1.82) is 0 Å². The van der Waals surface area contributed by atoms with E-state index in [1.165, 1.54) is 0 Å². The number of hydrogen-bond acceptors (Lipinski definition) is 2. The SMILES string of the molecule is CC(C)(C)c1[nH]ncc1C1(N)CC(F)(F)C1. The summed E-state index contributed by atoms with van der Waals surface area (Å²) in [5, 5.41) is 6.81. The van der Waals surface area contributed by atoms with Crippen LogP contribution in [0.2, 0.25) is 0 Å². The van der Waals surface area contributed by atoms with E-state index in [0.29, 0.717) is 0 Å². The second kappa shape index (κ2) is 3.03. The number of H-pyrrole nitrogens is 1. The van der Waals surface area contributed by atoms with Crippen LogP contribution in [0.5, 0.6) is 0 Å². The van der Waals surface area contributed by atoms with Crippen LogP contribution in [0.4, 0.5) is 8.78 Å². The van der Waals surface area contributed by atoms with Gasteiger partial charge in [0.05, 0.1) is 11.7 Å². The first-order valence-electron chi connectivity index (χ1n) is 5.35. The lowest BCUT2D eigenvalue weighted by Gasteiger charge is -2.45. The Kier molecular flexibility index (Phi) is 2.18. The number of nitrogens with two attached hydrogens (primary N) is 1. The highest BCUT2D eigenvalue weighted by molar-refractivity contribution is 5.34. The molecule has 1 saturated carbocycles. The van der Waals surface area contributed by atoms with Crippen LogP contribution < -0.4 is 5.73 Å². The average Bonchev–Trinajstić information content (AvgIpc) is 2.45. The van der Waals surface area contributed by atoms with Crippen molar-refractivity contribution >= 4 is 0 Å². The minimum atomic E-state index is -2.62. The molecule has 0 bridgehead atoms. The van der Waals surface area contributed by atoms with Crippen LogP contribution in [0.1, 0.15) is 44.9 Å². The fraction of sp³-hybridized carbons (Fsp3) is 0.727. The van der Waals surface area contributed by atoms with Gasteiger partial charge in [0.15, 0.2) is 0 Å². The highest BCUT2D eigenvalue weighted by Gasteiger charge is 2.56. The van der Waals surface area contributed by atoms with Gasteiger partial charge in [0.25, 0.3) is 5.92 Å². The summed E-state index contributed by atoms with van der Waals surface area (Å²) in [6.07, 6.45) is 1.00. The maximum atomic E-state index is 12.9. The first-order chi connectivity index (χ1) is 7.14. The van der Waals surface area contributed by atoms with Crippen molar-refractivity contribution in [2.45, 2.75) is 50.5 Å². The van der Waals surface area contributed by atoms with Crippen LogP contribution in [-0.4, -0.2) is 16.1 Å². The molecule has 3 nitrogen and oxygen atoms in total.